The number of benzene rings is 1. The largest absolute Gasteiger partial charge is 0.405 e. The highest BCUT2D eigenvalue weighted by Gasteiger charge is 2.54. The highest BCUT2D eigenvalue weighted by Crippen LogP contribution is 2.46. The number of fused-ring (bicyclic) bond motifs is 1. The van der Waals surface area contributed by atoms with E-state index >= 15 is 13.2 Å². The van der Waals surface area contributed by atoms with Gasteiger partial charge < -0.3 is 9.74 Å². The van der Waals surface area contributed by atoms with Crippen LogP contribution in [-0.2, 0) is 10.3 Å². The smallest absolute Gasteiger partial charge is 0.302 e. The summed E-state index contributed by atoms with van der Waals surface area (Å²) in [6, 6.07) is 7.69. The third-order valence-corrected chi connectivity index (χ3v) is 13.7. The molecule has 0 amide bonds. The minimum absolute atomic E-state index is 0.136. The molecule has 3 rings (SSSR count). The maximum atomic E-state index is 16.0. The molecular weight excluding hydrogens is 536 g/mol. The Morgan fingerprint density at radius 3 is 2.21 bits per heavy atom. The maximum absolute atomic E-state index is 16.0. The quantitative estimate of drug-likeness (QED) is 0.184. The van der Waals surface area contributed by atoms with Gasteiger partial charge in [-0.1, -0.05) is 40.8 Å². The van der Waals surface area contributed by atoms with E-state index in [4.69, 9.17) is 9.41 Å². The van der Waals surface area contributed by atoms with Crippen LogP contribution < -0.4 is 10.8 Å². The van der Waals surface area contributed by atoms with Crippen LogP contribution in [0, 0.1) is 19.7 Å². The summed E-state index contributed by atoms with van der Waals surface area (Å²) in [6.07, 6.45) is 0. The van der Waals surface area contributed by atoms with E-state index < -0.39 is 45.2 Å². The van der Waals surface area contributed by atoms with Crippen molar-refractivity contribution in [1.29, 1.82) is 0 Å². The Bertz CT molecular complexity index is 1320. The number of aryl methyl sites for hydroxylation is 2. The molecule has 1 atom stereocenters. The van der Waals surface area contributed by atoms with Crippen molar-refractivity contribution in [3.05, 3.63) is 52.7 Å². The topological polar surface area (TPSA) is 59.9 Å². The minimum atomic E-state index is -3.54. The summed E-state index contributed by atoms with van der Waals surface area (Å²) in [4.78, 5) is 13.9. The lowest BCUT2D eigenvalue weighted by atomic mass is 9.91. The van der Waals surface area contributed by atoms with Crippen LogP contribution in [0.15, 0.2) is 24.3 Å². The summed E-state index contributed by atoms with van der Waals surface area (Å²) < 4.78 is 54.3. The van der Waals surface area contributed by atoms with Gasteiger partial charge in [0, 0.05) is 10.9 Å². The van der Waals surface area contributed by atoms with Gasteiger partial charge >= 0.3 is 5.92 Å². The number of alkyl halides is 2. The summed E-state index contributed by atoms with van der Waals surface area (Å²) in [7, 11) is -2.85. The van der Waals surface area contributed by atoms with E-state index in [0.717, 1.165) is 34.6 Å². The number of nitrogens with zero attached hydrogens (tertiary/aromatic N) is 3. The number of hydrogen-bond donors (Lipinski definition) is 1. The average Bonchev–Trinajstić information content (AvgIpc) is 2.87. The molecule has 0 saturated heterocycles. The first-order chi connectivity index (χ1) is 18.1. The zero-order chi connectivity index (χ0) is 29.3. The van der Waals surface area contributed by atoms with Crippen LogP contribution in [0.5, 0.6) is 0 Å². The number of pyridine rings is 1. The third-order valence-electron chi connectivity index (χ3n) is 7.76. The Morgan fingerprint density at radius 1 is 1.03 bits per heavy atom. The fourth-order valence-corrected chi connectivity index (χ4v) is 8.91. The van der Waals surface area contributed by atoms with Crippen LogP contribution in [0.3, 0.4) is 0 Å². The molecule has 5 nitrogen and oxygen atoms in total. The van der Waals surface area contributed by atoms with Crippen molar-refractivity contribution in [2.45, 2.75) is 91.1 Å². The van der Waals surface area contributed by atoms with Gasteiger partial charge in [-0.3, -0.25) is 4.98 Å². The first kappa shape index (κ1) is 31.4. The Hall–Kier alpha value is -2.09. The second kappa shape index (κ2) is 11.8. The number of anilines is 1. The number of aromatic nitrogens is 3. The van der Waals surface area contributed by atoms with Crippen LogP contribution in [0.1, 0.15) is 70.2 Å². The molecule has 0 radical (unpaired) electrons. The fraction of sp³-hybridized carbons (Fsp3) is 0.552. The molecule has 10 heteroatoms. The molecule has 2 heterocycles. The van der Waals surface area contributed by atoms with E-state index in [9.17, 15) is 0 Å². The second-order valence-corrected chi connectivity index (χ2v) is 17.9. The van der Waals surface area contributed by atoms with Crippen LogP contribution in [0.2, 0.25) is 18.1 Å². The molecule has 0 bridgehead atoms. The fourth-order valence-electron chi connectivity index (χ4n) is 5.02. The molecule has 0 spiro atoms. The molecule has 214 valence electrons. The van der Waals surface area contributed by atoms with Crippen LogP contribution in [0.4, 0.5) is 19.0 Å². The van der Waals surface area contributed by atoms with Crippen molar-refractivity contribution in [1.82, 2.24) is 15.0 Å². The Balaban J connectivity index is 2.04. The number of nitrogens with one attached hydrogen (secondary N) is 1. The number of rotatable bonds is 11. The molecule has 2 aromatic heterocycles. The minimum Gasteiger partial charge on any atom is -0.405 e. The molecule has 39 heavy (non-hydrogen) atoms. The van der Waals surface area contributed by atoms with Crippen molar-refractivity contribution in [2.24, 2.45) is 0 Å². The molecule has 3 aromatic rings. The van der Waals surface area contributed by atoms with E-state index in [0.29, 0.717) is 17.2 Å². The van der Waals surface area contributed by atoms with E-state index in [2.05, 4.69) is 28.6 Å². The monoisotopic (exact) mass is 578 g/mol. The van der Waals surface area contributed by atoms with E-state index in [1.807, 2.05) is 33.8 Å². The Kier molecular flexibility index (Phi) is 9.51. The Labute approximate surface area is 233 Å². The lowest BCUT2D eigenvalue weighted by Gasteiger charge is -2.42. The van der Waals surface area contributed by atoms with Crippen LogP contribution >= 0.6 is 7.92 Å². The van der Waals surface area contributed by atoms with Gasteiger partial charge in [0.25, 0.3) is 0 Å². The maximum Gasteiger partial charge on any atom is 0.302 e. The highest BCUT2D eigenvalue weighted by molar-refractivity contribution is 7.63. The first-order valence-electron chi connectivity index (χ1n) is 13.6. The van der Waals surface area contributed by atoms with E-state index in [1.54, 1.807) is 13.8 Å². The Morgan fingerprint density at radius 2 is 1.64 bits per heavy atom. The first-order valence-corrected chi connectivity index (χ1v) is 18.4. The molecule has 0 aliphatic carbocycles. The second-order valence-electron chi connectivity index (χ2n) is 11.0. The lowest BCUT2D eigenvalue weighted by molar-refractivity contribution is -0.161. The van der Waals surface area contributed by atoms with Crippen molar-refractivity contribution >= 4 is 38.4 Å². The summed E-state index contributed by atoms with van der Waals surface area (Å²) >= 11 is 0. The van der Waals surface area contributed by atoms with Crippen LogP contribution in [0.25, 0.3) is 10.9 Å². The van der Waals surface area contributed by atoms with Gasteiger partial charge in [-0.25, -0.2) is 14.4 Å². The number of halogens is 3. The van der Waals surface area contributed by atoms with Gasteiger partial charge in [-0.2, -0.15) is 8.78 Å². The summed E-state index contributed by atoms with van der Waals surface area (Å²) in [6.45, 7) is 18.4. The number of hydrogen-bond acceptors (Lipinski definition) is 5. The lowest BCUT2D eigenvalue weighted by Crippen LogP contribution is -2.52. The molecule has 1 aromatic carbocycles. The molecule has 0 fully saturated rings. The summed E-state index contributed by atoms with van der Waals surface area (Å²) in [5, 5.41) is 4.06. The van der Waals surface area contributed by atoms with Crippen molar-refractivity contribution < 1.29 is 17.6 Å². The summed E-state index contributed by atoms with van der Waals surface area (Å²) in [5.41, 5.74) is 0.0830. The molecular formula is C29H42F3N4OPSi. The van der Waals surface area contributed by atoms with Gasteiger partial charge in [0.1, 0.15) is 23.1 Å². The van der Waals surface area contributed by atoms with E-state index in [-0.39, 0.29) is 5.56 Å². The van der Waals surface area contributed by atoms with Crippen molar-refractivity contribution in [3.63, 3.8) is 0 Å². The molecule has 0 aliphatic rings. The predicted octanol–water partition coefficient (Wildman–Crippen LogP) is 8.21. The van der Waals surface area contributed by atoms with Gasteiger partial charge in [0.05, 0.1) is 28.3 Å². The van der Waals surface area contributed by atoms with Gasteiger partial charge in [0.2, 0.25) is 0 Å². The third kappa shape index (κ3) is 6.15. The standard InChI is InChI=1S/C29H42F3N4OPSi/c1-11-39(12-2,13-3)37-28(7,8)29(31,32)23-16-14-15-21(25(23)30)18(4)34-27-22-17-24(38(9)10)33-19(5)26(22)35-20(6)36-27/h14-18H,11-13H2,1-10H3,(H,34,35,36)/t18-/m1/s1. The molecule has 0 aliphatic heterocycles. The molecule has 1 N–H and O–H groups in total. The van der Waals surface area contributed by atoms with E-state index in [1.165, 1.54) is 32.0 Å². The summed E-state index contributed by atoms with van der Waals surface area (Å²) in [5.74, 6) is -3.41. The average molecular weight is 579 g/mol. The zero-order valence-corrected chi connectivity index (χ0v) is 26.7. The van der Waals surface area contributed by atoms with Crippen LogP contribution in [-0.4, -0.2) is 42.2 Å². The predicted molar refractivity (Wildman–Crippen MR) is 160 cm³/mol. The van der Waals surface area contributed by atoms with Crippen molar-refractivity contribution in [3.8, 4) is 0 Å². The van der Waals surface area contributed by atoms with Gasteiger partial charge in [-0.05, 0) is 78.2 Å². The normalized spacial score (nSPS) is 13.8. The molecule has 0 saturated carbocycles. The zero-order valence-electron chi connectivity index (χ0n) is 24.8. The van der Waals surface area contributed by atoms with Gasteiger partial charge in [-0.15, -0.1) is 0 Å². The SMILES string of the molecule is CC[Si](CC)(CC)OC(C)(C)C(F)(F)c1cccc([C@@H](C)Nc2nc(C)nc3c(C)nc(P(C)C)cc23)c1F. The highest BCUT2D eigenvalue weighted by atomic mass is 31.1. The van der Waals surface area contributed by atoms with Gasteiger partial charge in [0.15, 0.2) is 8.32 Å². The van der Waals surface area contributed by atoms with Crippen molar-refractivity contribution in [2.75, 3.05) is 18.6 Å². The molecule has 0 unspecified atom stereocenters.